The molecule has 1 N–H and O–H groups in total. The van der Waals surface area contributed by atoms with Gasteiger partial charge in [-0.25, -0.2) is 4.98 Å². The van der Waals surface area contributed by atoms with E-state index in [2.05, 4.69) is 10.3 Å². The minimum atomic E-state index is -0.124. The zero-order valence-electron chi connectivity index (χ0n) is 13.6. The molecular formula is C17H17N3O3S2. The molecule has 6 nitrogen and oxygen atoms in total. The van der Waals surface area contributed by atoms with Crippen LogP contribution < -0.4 is 15.6 Å². The molecule has 0 radical (unpaired) electrons. The maximum absolute atomic E-state index is 12.2. The number of carbonyl (C=O) groups is 1. The first-order valence-corrected chi connectivity index (χ1v) is 9.53. The first kappa shape index (κ1) is 17.5. The summed E-state index contributed by atoms with van der Waals surface area (Å²) in [5.41, 5.74) is 0.589. The highest BCUT2D eigenvalue weighted by atomic mass is 32.2. The Kier molecular flexibility index (Phi) is 5.72. The average Bonchev–Trinajstić information content (AvgIpc) is 3.10. The Labute approximate surface area is 152 Å². The Morgan fingerprint density at radius 2 is 2.12 bits per heavy atom. The fraction of sp³-hybridized carbons (Fsp3) is 0.235. The molecule has 0 atom stereocenters. The molecule has 3 rings (SSSR count). The Bertz CT molecular complexity index is 922. The topological polar surface area (TPSA) is 73.2 Å². The molecule has 0 aliphatic heterocycles. The molecule has 3 aromatic rings. The third-order valence-electron chi connectivity index (χ3n) is 3.41. The molecule has 0 spiro atoms. The lowest BCUT2D eigenvalue weighted by molar-refractivity contribution is -0.118. The Morgan fingerprint density at radius 3 is 2.92 bits per heavy atom. The standard InChI is InChI=1S/C17H17N3O3S2/c1-20-16(22)15-13(7-10-24-15)19-17(20)25-11-14(21)18-8-9-23-12-5-3-2-4-6-12/h2-7,10H,8-9,11H2,1H3,(H,18,21). The van der Waals surface area contributed by atoms with Crippen LogP contribution in [0, 0.1) is 0 Å². The van der Waals surface area contributed by atoms with Gasteiger partial charge in [0.05, 0.1) is 17.8 Å². The molecule has 0 aliphatic carbocycles. The van der Waals surface area contributed by atoms with Crippen LogP contribution in [0.4, 0.5) is 0 Å². The number of benzene rings is 1. The van der Waals surface area contributed by atoms with Gasteiger partial charge in [-0.2, -0.15) is 0 Å². The SMILES string of the molecule is Cn1c(SCC(=O)NCCOc2ccccc2)nc2ccsc2c1=O. The lowest BCUT2D eigenvalue weighted by Gasteiger charge is -2.09. The number of aromatic nitrogens is 2. The van der Waals surface area contributed by atoms with Crippen LogP contribution in [-0.4, -0.2) is 34.4 Å². The van der Waals surface area contributed by atoms with Crippen LogP contribution in [0.25, 0.3) is 10.2 Å². The maximum atomic E-state index is 12.2. The summed E-state index contributed by atoms with van der Waals surface area (Å²) < 4.78 is 7.63. The maximum Gasteiger partial charge on any atom is 0.271 e. The second-order valence-corrected chi connectivity index (χ2v) is 7.05. The van der Waals surface area contributed by atoms with E-state index in [-0.39, 0.29) is 17.2 Å². The van der Waals surface area contributed by atoms with Crippen molar-refractivity contribution < 1.29 is 9.53 Å². The van der Waals surface area contributed by atoms with Gasteiger partial charge in [0.15, 0.2) is 5.16 Å². The number of fused-ring (bicyclic) bond motifs is 1. The highest BCUT2D eigenvalue weighted by molar-refractivity contribution is 7.99. The molecule has 0 fully saturated rings. The summed E-state index contributed by atoms with van der Waals surface area (Å²) in [4.78, 5) is 28.6. The van der Waals surface area contributed by atoms with Crippen molar-refractivity contribution >= 4 is 39.2 Å². The Morgan fingerprint density at radius 1 is 1.32 bits per heavy atom. The van der Waals surface area contributed by atoms with Crippen molar-refractivity contribution in [2.45, 2.75) is 5.16 Å². The molecular weight excluding hydrogens is 358 g/mol. The Balaban J connectivity index is 1.48. The van der Waals surface area contributed by atoms with E-state index in [1.165, 1.54) is 27.7 Å². The van der Waals surface area contributed by atoms with Crippen molar-refractivity contribution in [2.75, 3.05) is 18.9 Å². The van der Waals surface area contributed by atoms with Gasteiger partial charge in [0, 0.05) is 7.05 Å². The zero-order valence-corrected chi connectivity index (χ0v) is 15.2. The number of thiophene rings is 1. The summed E-state index contributed by atoms with van der Waals surface area (Å²) in [6, 6.07) is 11.3. The van der Waals surface area contributed by atoms with Crippen molar-refractivity contribution in [1.82, 2.24) is 14.9 Å². The van der Waals surface area contributed by atoms with Crippen molar-refractivity contribution in [1.29, 1.82) is 0 Å². The lowest BCUT2D eigenvalue weighted by atomic mass is 10.3. The molecule has 25 heavy (non-hydrogen) atoms. The smallest absolute Gasteiger partial charge is 0.271 e. The lowest BCUT2D eigenvalue weighted by Crippen LogP contribution is -2.30. The molecule has 8 heteroatoms. The third kappa shape index (κ3) is 4.40. The number of hydrogen-bond acceptors (Lipinski definition) is 6. The molecule has 2 heterocycles. The van der Waals surface area contributed by atoms with Crippen molar-refractivity contribution in [3.05, 3.63) is 52.1 Å². The summed E-state index contributed by atoms with van der Waals surface area (Å²) in [5.74, 6) is 0.845. The van der Waals surface area contributed by atoms with Crippen LogP contribution >= 0.6 is 23.1 Å². The van der Waals surface area contributed by atoms with Gasteiger partial charge in [-0.15, -0.1) is 11.3 Å². The van der Waals surface area contributed by atoms with E-state index in [4.69, 9.17) is 4.74 Å². The van der Waals surface area contributed by atoms with E-state index >= 15 is 0 Å². The van der Waals surface area contributed by atoms with Crippen molar-refractivity contribution in [3.63, 3.8) is 0 Å². The van der Waals surface area contributed by atoms with Gasteiger partial charge >= 0.3 is 0 Å². The number of rotatable bonds is 7. The number of amides is 1. The van der Waals surface area contributed by atoms with Crippen LogP contribution in [-0.2, 0) is 11.8 Å². The summed E-state index contributed by atoms with van der Waals surface area (Å²) in [6.07, 6.45) is 0. The highest BCUT2D eigenvalue weighted by Crippen LogP contribution is 2.19. The molecule has 0 bridgehead atoms. The number of thioether (sulfide) groups is 1. The third-order valence-corrected chi connectivity index (χ3v) is 5.34. The molecule has 1 aromatic carbocycles. The molecule has 0 saturated carbocycles. The van der Waals surface area contributed by atoms with Crippen molar-refractivity contribution in [3.8, 4) is 5.75 Å². The first-order valence-electron chi connectivity index (χ1n) is 7.67. The fourth-order valence-electron chi connectivity index (χ4n) is 2.15. The number of carbonyl (C=O) groups excluding carboxylic acids is 1. The minimum absolute atomic E-state index is 0.0841. The quantitative estimate of drug-likeness (QED) is 0.390. The van der Waals surface area contributed by atoms with Crippen LogP contribution in [0.15, 0.2) is 51.7 Å². The molecule has 0 aliphatic rings. The monoisotopic (exact) mass is 375 g/mol. The predicted molar refractivity (Wildman–Crippen MR) is 101 cm³/mol. The van der Waals surface area contributed by atoms with Gasteiger partial charge in [0.1, 0.15) is 17.1 Å². The summed E-state index contributed by atoms with van der Waals surface area (Å²) >= 11 is 2.62. The van der Waals surface area contributed by atoms with Crippen molar-refractivity contribution in [2.24, 2.45) is 7.05 Å². The fourth-order valence-corrected chi connectivity index (χ4v) is 3.76. The van der Waals surface area contributed by atoms with E-state index in [9.17, 15) is 9.59 Å². The van der Waals surface area contributed by atoms with E-state index in [0.717, 1.165) is 5.75 Å². The summed E-state index contributed by atoms with van der Waals surface area (Å²) in [5, 5.41) is 5.17. The largest absolute Gasteiger partial charge is 0.492 e. The van der Waals surface area contributed by atoms with E-state index < -0.39 is 0 Å². The summed E-state index contributed by atoms with van der Waals surface area (Å²) in [6.45, 7) is 0.822. The zero-order chi connectivity index (χ0) is 17.6. The van der Waals surface area contributed by atoms with Gasteiger partial charge in [0.25, 0.3) is 5.56 Å². The summed E-state index contributed by atoms with van der Waals surface area (Å²) in [7, 11) is 1.67. The molecule has 130 valence electrons. The highest BCUT2D eigenvalue weighted by Gasteiger charge is 2.11. The van der Waals surface area contributed by atoms with Crippen LogP contribution in [0.1, 0.15) is 0 Å². The van der Waals surface area contributed by atoms with Gasteiger partial charge in [-0.3, -0.25) is 14.2 Å². The number of hydrogen-bond donors (Lipinski definition) is 1. The number of ether oxygens (including phenoxy) is 1. The van der Waals surface area contributed by atoms with Crippen LogP contribution in [0.3, 0.4) is 0 Å². The van der Waals surface area contributed by atoms with E-state index in [1.807, 2.05) is 41.8 Å². The Hall–Kier alpha value is -2.32. The first-order chi connectivity index (χ1) is 12.1. The molecule has 0 unspecified atom stereocenters. The second-order valence-electron chi connectivity index (χ2n) is 5.19. The normalized spacial score (nSPS) is 10.8. The van der Waals surface area contributed by atoms with Gasteiger partial charge in [-0.1, -0.05) is 30.0 Å². The number of nitrogens with one attached hydrogen (secondary N) is 1. The molecule has 0 saturated heterocycles. The predicted octanol–water partition coefficient (Wildman–Crippen LogP) is 2.28. The van der Waals surface area contributed by atoms with Crippen LogP contribution in [0.5, 0.6) is 5.75 Å². The minimum Gasteiger partial charge on any atom is -0.492 e. The van der Waals surface area contributed by atoms with Gasteiger partial charge < -0.3 is 10.1 Å². The number of para-hydroxylation sites is 1. The average molecular weight is 375 g/mol. The van der Waals surface area contributed by atoms with Gasteiger partial charge in [-0.05, 0) is 23.6 Å². The van der Waals surface area contributed by atoms with Crippen LogP contribution in [0.2, 0.25) is 0 Å². The molecule has 1 amide bonds. The second kappa shape index (κ2) is 8.17. The molecule has 2 aromatic heterocycles. The van der Waals surface area contributed by atoms with Gasteiger partial charge in [0.2, 0.25) is 5.91 Å². The van der Waals surface area contributed by atoms with E-state index in [1.54, 1.807) is 7.05 Å². The number of nitrogens with zero attached hydrogens (tertiary/aromatic N) is 2. The van der Waals surface area contributed by atoms with E-state index in [0.29, 0.717) is 28.5 Å².